The van der Waals surface area contributed by atoms with Gasteiger partial charge in [-0.05, 0) is 19.1 Å². The quantitative estimate of drug-likeness (QED) is 0.858. The monoisotopic (exact) mass is 275 g/mol. The van der Waals surface area contributed by atoms with Crippen LogP contribution >= 0.6 is 23.2 Å². The Morgan fingerprint density at radius 2 is 2.06 bits per heavy atom. The molecule has 1 amide bonds. The van der Waals surface area contributed by atoms with Crippen molar-refractivity contribution in [1.29, 1.82) is 0 Å². The van der Waals surface area contributed by atoms with Crippen molar-refractivity contribution in [2.75, 3.05) is 13.2 Å². The number of likely N-dealkylation sites (N-methyl/N-ethyl adjacent to an activating group) is 1. The highest BCUT2D eigenvalue weighted by Crippen LogP contribution is 2.25. The third-order valence-electron chi connectivity index (χ3n) is 1.88. The molecule has 0 unspecified atom stereocenters. The average molecular weight is 276 g/mol. The third kappa shape index (κ3) is 3.91. The minimum Gasteiger partial charge on any atom is -0.452 e. The minimum atomic E-state index is -0.677. The van der Waals surface area contributed by atoms with E-state index in [0.29, 0.717) is 6.54 Å². The van der Waals surface area contributed by atoms with E-state index in [1.165, 1.54) is 6.07 Å². The first-order chi connectivity index (χ1) is 8.06. The molecule has 0 fully saturated rings. The molecule has 4 nitrogen and oxygen atoms in total. The SMILES string of the molecule is CCNC(=O)COC(=O)c1cccc(Cl)c1Cl. The van der Waals surface area contributed by atoms with E-state index in [2.05, 4.69) is 5.32 Å². The van der Waals surface area contributed by atoms with E-state index in [4.69, 9.17) is 27.9 Å². The van der Waals surface area contributed by atoms with Crippen molar-refractivity contribution in [3.05, 3.63) is 33.8 Å². The highest BCUT2D eigenvalue weighted by atomic mass is 35.5. The van der Waals surface area contributed by atoms with Crippen molar-refractivity contribution in [2.24, 2.45) is 0 Å². The number of rotatable bonds is 4. The fourth-order valence-electron chi connectivity index (χ4n) is 1.12. The van der Waals surface area contributed by atoms with E-state index in [-0.39, 0.29) is 28.1 Å². The van der Waals surface area contributed by atoms with Gasteiger partial charge < -0.3 is 10.1 Å². The van der Waals surface area contributed by atoms with Gasteiger partial charge in [-0.25, -0.2) is 4.79 Å². The summed E-state index contributed by atoms with van der Waals surface area (Å²) in [6.07, 6.45) is 0. The number of hydrogen-bond acceptors (Lipinski definition) is 3. The van der Waals surface area contributed by atoms with E-state index in [1.807, 2.05) is 0 Å². The first kappa shape index (κ1) is 13.8. The molecule has 1 N–H and O–H groups in total. The van der Waals surface area contributed by atoms with Crippen molar-refractivity contribution in [1.82, 2.24) is 5.32 Å². The number of carbonyl (C=O) groups excluding carboxylic acids is 2. The predicted molar refractivity (Wildman–Crippen MR) is 65.4 cm³/mol. The number of esters is 1. The van der Waals surface area contributed by atoms with E-state index < -0.39 is 5.97 Å². The number of halogens is 2. The zero-order chi connectivity index (χ0) is 12.8. The fourth-order valence-corrected chi connectivity index (χ4v) is 1.50. The number of nitrogens with one attached hydrogen (secondary N) is 1. The number of ether oxygens (including phenoxy) is 1. The third-order valence-corrected chi connectivity index (χ3v) is 2.70. The Kier molecular flexibility index (Phi) is 5.25. The summed E-state index contributed by atoms with van der Waals surface area (Å²) in [6, 6.07) is 4.62. The first-order valence-corrected chi connectivity index (χ1v) is 5.69. The van der Waals surface area contributed by atoms with Crippen molar-refractivity contribution in [3.63, 3.8) is 0 Å². The summed E-state index contributed by atoms with van der Waals surface area (Å²) in [5, 5.41) is 2.89. The molecule has 0 aliphatic carbocycles. The zero-order valence-electron chi connectivity index (χ0n) is 9.13. The van der Waals surface area contributed by atoms with Crippen molar-refractivity contribution < 1.29 is 14.3 Å². The van der Waals surface area contributed by atoms with Crippen LogP contribution in [0.2, 0.25) is 10.0 Å². The maximum absolute atomic E-state index is 11.6. The molecule has 0 heterocycles. The summed E-state index contributed by atoms with van der Waals surface area (Å²) >= 11 is 11.6. The molecule has 0 aromatic heterocycles. The van der Waals surface area contributed by atoms with Gasteiger partial charge in [-0.3, -0.25) is 4.79 Å². The molecule has 0 radical (unpaired) electrons. The van der Waals surface area contributed by atoms with Gasteiger partial charge >= 0.3 is 5.97 Å². The van der Waals surface area contributed by atoms with Crippen LogP contribution in [0.1, 0.15) is 17.3 Å². The van der Waals surface area contributed by atoms with Gasteiger partial charge in [0.15, 0.2) is 6.61 Å². The van der Waals surface area contributed by atoms with Crippen LogP contribution in [0.3, 0.4) is 0 Å². The highest BCUT2D eigenvalue weighted by Gasteiger charge is 2.14. The van der Waals surface area contributed by atoms with Gasteiger partial charge in [-0.2, -0.15) is 0 Å². The van der Waals surface area contributed by atoms with Crippen LogP contribution in [0, 0.1) is 0 Å². The Morgan fingerprint density at radius 1 is 1.35 bits per heavy atom. The molecule has 0 bridgehead atoms. The van der Waals surface area contributed by atoms with Crippen molar-refractivity contribution in [3.8, 4) is 0 Å². The lowest BCUT2D eigenvalue weighted by atomic mass is 10.2. The van der Waals surface area contributed by atoms with E-state index in [9.17, 15) is 9.59 Å². The summed E-state index contributed by atoms with van der Waals surface area (Å²) < 4.78 is 4.78. The molecular weight excluding hydrogens is 265 g/mol. The normalized spacial score (nSPS) is 9.82. The van der Waals surface area contributed by atoms with E-state index >= 15 is 0 Å². The van der Waals surface area contributed by atoms with Crippen LogP contribution in [-0.2, 0) is 9.53 Å². The van der Waals surface area contributed by atoms with Crippen LogP contribution in [0.4, 0.5) is 0 Å². The maximum atomic E-state index is 11.6. The van der Waals surface area contributed by atoms with Gasteiger partial charge in [0, 0.05) is 6.54 Å². The highest BCUT2D eigenvalue weighted by molar-refractivity contribution is 6.43. The molecule has 1 aromatic rings. The van der Waals surface area contributed by atoms with Crippen LogP contribution < -0.4 is 5.32 Å². The summed E-state index contributed by atoms with van der Waals surface area (Å²) in [6.45, 7) is 1.91. The van der Waals surface area contributed by atoms with Gasteiger partial charge in [-0.15, -0.1) is 0 Å². The molecule has 17 heavy (non-hydrogen) atoms. The van der Waals surface area contributed by atoms with E-state index in [0.717, 1.165) is 0 Å². The number of benzene rings is 1. The summed E-state index contributed by atoms with van der Waals surface area (Å²) in [5.41, 5.74) is 0.142. The molecule has 6 heteroatoms. The van der Waals surface area contributed by atoms with E-state index in [1.54, 1.807) is 19.1 Å². The number of carbonyl (C=O) groups is 2. The van der Waals surface area contributed by atoms with Crippen LogP contribution in [0.15, 0.2) is 18.2 Å². The predicted octanol–water partition coefficient (Wildman–Crippen LogP) is 2.29. The Hall–Kier alpha value is -1.26. The Balaban J connectivity index is 2.64. The fraction of sp³-hybridized carbons (Fsp3) is 0.273. The summed E-state index contributed by atoms with van der Waals surface area (Å²) in [7, 11) is 0. The Labute approximate surface area is 109 Å². The van der Waals surface area contributed by atoms with Gasteiger partial charge in [0.1, 0.15) is 0 Å². The Morgan fingerprint density at radius 3 is 2.71 bits per heavy atom. The molecule has 0 saturated heterocycles. The molecular formula is C11H11Cl2NO3. The first-order valence-electron chi connectivity index (χ1n) is 4.94. The topological polar surface area (TPSA) is 55.4 Å². The van der Waals surface area contributed by atoms with Crippen LogP contribution in [-0.4, -0.2) is 25.0 Å². The van der Waals surface area contributed by atoms with Crippen molar-refractivity contribution >= 4 is 35.1 Å². The van der Waals surface area contributed by atoms with Gasteiger partial charge in [0.25, 0.3) is 5.91 Å². The molecule has 0 saturated carbocycles. The summed E-state index contributed by atoms with van der Waals surface area (Å²) in [5.74, 6) is -1.04. The maximum Gasteiger partial charge on any atom is 0.340 e. The average Bonchev–Trinajstić information content (AvgIpc) is 2.30. The zero-order valence-corrected chi connectivity index (χ0v) is 10.6. The number of hydrogen-bond donors (Lipinski definition) is 1. The lowest BCUT2D eigenvalue weighted by Crippen LogP contribution is -2.28. The molecule has 1 aromatic carbocycles. The number of amides is 1. The molecule has 0 spiro atoms. The molecule has 0 atom stereocenters. The van der Waals surface area contributed by atoms with Gasteiger partial charge in [-0.1, -0.05) is 29.3 Å². The second kappa shape index (κ2) is 6.47. The standard InChI is InChI=1S/C11H11Cl2NO3/c1-2-14-9(15)6-17-11(16)7-4-3-5-8(12)10(7)13/h3-5H,2,6H2,1H3,(H,14,15). The van der Waals surface area contributed by atoms with Crippen LogP contribution in [0.5, 0.6) is 0 Å². The molecule has 1 rings (SSSR count). The second-order valence-corrected chi connectivity index (χ2v) is 3.92. The largest absolute Gasteiger partial charge is 0.452 e. The molecule has 92 valence electrons. The van der Waals surface area contributed by atoms with Gasteiger partial charge in [0.05, 0.1) is 15.6 Å². The molecule has 0 aliphatic rings. The minimum absolute atomic E-state index is 0.120. The smallest absolute Gasteiger partial charge is 0.340 e. The second-order valence-electron chi connectivity index (χ2n) is 3.13. The molecule has 0 aliphatic heterocycles. The van der Waals surface area contributed by atoms with Crippen LogP contribution in [0.25, 0.3) is 0 Å². The summed E-state index contributed by atoms with van der Waals surface area (Å²) in [4.78, 5) is 22.7. The lowest BCUT2D eigenvalue weighted by Gasteiger charge is -2.06. The Bertz CT molecular complexity index is 435. The lowest BCUT2D eigenvalue weighted by molar-refractivity contribution is -0.124. The van der Waals surface area contributed by atoms with Gasteiger partial charge in [0.2, 0.25) is 0 Å². The van der Waals surface area contributed by atoms with Crippen molar-refractivity contribution in [2.45, 2.75) is 6.92 Å².